The van der Waals surface area contributed by atoms with E-state index in [1.807, 2.05) is 6.92 Å². The van der Waals surface area contributed by atoms with E-state index >= 15 is 0 Å². The summed E-state index contributed by atoms with van der Waals surface area (Å²) in [5.74, 6) is 0.440. The van der Waals surface area contributed by atoms with E-state index in [9.17, 15) is 5.11 Å². The molecule has 3 nitrogen and oxygen atoms in total. The van der Waals surface area contributed by atoms with Crippen molar-refractivity contribution in [3.8, 4) is 0 Å². The summed E-state index contributed by atoms with van der Waals surface area (Å²) in [6.07, 6.45) is -0.380. The van der Waals surface area contributed by atoms with Gasteiger partial charge < -0.3 is 14.6 Å². The lowest BCUT2D eigenvalue weighted by molar-refractivity contribution is -0.0315. The number of hydrogen-bond acceptors (Lipinski definition) is 3. The van der Waals surface area contributed by atoms with Crippen LogP contribution < -0.4 is 0 Å². The molecule has 0 aliphatic carbocycles. The van der Waals surface area contributed by atoms with E-state index in [4.69, 9.17) is 17.3 Å². The minimum atomic E-state index is -0.589. The number of rotatable bonds is 4. The molecule has 4 atom stereocenters. The summed E-state index contributed by atoms with van der Waals surface area (Å²) >= 11 is 0. The highest BCUT2D eigenvalue weighted by Gasteiger charge is 2.40. The Morgan fingerprint density at radius 2 is 2.14 bits per heavy atom. The van der Waals surface area contributed by atoms with Crippen LogP contribution in [0.3, 0.4) is 0 Å². The molecule has 80 valence electrons. The highest BCUT2D eigenvalue weighted by molar-refractivity contribution is 6.11. The van der Waals surface area contributed by atoms with Crippen molar-refractivity contribution >= 4 is 7.85 Å². The van der Waals surface area contributed by atoms with Crippen LogP contribution in [0.25, 0.3) is 0 Å². The first kappa shape index (κ1) is 12.0. The van der Waals surface area contributed by atoms with Crippen LogP contribution in [-0.2, 0) is 9.47 Å². The minimum Gasteiger partial charge on any atom is -0.388 e. The molecule has 0 aromatic heterocycles. The van der Waals surface area contributed by atoms with Crippen molar-refractivity contribution in [3.05, 3.63) is 0 Å². The third-order valence-electron chi connectivity index (χ3n) is 2.40. The average molecular weight is 198 g/mol. The van der Waals surface area contributed by atoms with E-state index in [1.54, 1.807) is 0 Å². The molecule has 2 radical (unpaired) electrons. The van der Waals surface area contributed by atoms with Gasteiger partial charge in [-0.1, -0.05) is 20.8 Å². The van der Waals surface area contributed by atoms with Gasteiger partial charge in [-0.2, -0.15) is 0 Å². The maximum atomic E-state index is 9.80. The Balaban J connectivity index is 2.43. The molecule has 1 fully saturated rings. The Labute approximate surface area is 87.2 Å². The van der Waals surface area contributed by atoms with Crippen LogP contribution in [0.2, 0.25) is 0 Å². The molecule has 4 heteroatoms. The first-order valence-corrected chi connectivity index (χ1v) is 5.27. The summed E-state index contributed by atoms with van der Waals surface area (Å²) < 4.78 is 10.9. The summed E-state index contributed by atoms with van der Waals surface area (Å²) in [4.78, 5) is 0. The molecule has 14 heavy (non-hydrogen) atoms. The standard InChI is InChI=1S/C10H19BO3/c1-4-7-8(12)9(10(11)14-7)13-5-6(2)3/h6-10,12H,4-5H2,1-3H3/t7-,8?,9+,10-/m1/s1. The molecule has 0 aromatic carbocycles. The summed E-state index contributed by atoms with van der Waals surface area (Å²) in [6, 6.07) is -0.492. The van der Waals surface area contributed by atoms with Crippen LogP contribution in [0.15, 0.2) is 0 Å². The zero-order valence-electron chi connectivity index (χ0n) is 9.14. The zero-order chi connectivity index (χ0) is 10.7. The van der Waals surface area contributed by atoms with Crippen molar-refractivity contribution in [2.75, 3.05) is 6.61 Å². The normalized spacial score (nSPS) is 38.1. The molecule has 0 bridgehead atoms. The minimum absolute atomic E-state index is 0.179. The SMILES string of the molecule is [B][C@@H]1O[C@H](CC)C(O)[C@@H]1OCC(C)C. The van der Waals surface area contributed by atoms with E-state index in [2.05, 4.69) is 13.8 Å². The predicted molar refractivity (Wildman–Crippen MR) is 55.3 cm³/mol. The topological polar surface area (TPSA) is 38.7 Å². The number of aliphatic hydroxyl groups is 1. The molecule has 1 aliphatic heterocycles. The van der Waals surface area contributed by atoms with Gasteiger partial charge in [0.25, 0.3) is 0 Å². The van der Waals surface area contributed by atoms with E-state index in [-0.39, 0.29) is 12.2 Å². The summed E-state index contributed by atoms with van der Waals surface area (Å²) in [5, 5.41) is 9.80. The largest absolute Gasteiger partial charge is 0.388 e. The first-order valence-electron chi connectivity index (χ1n) is 5.27. The van der Waals surface area contributed by atoms with Crippen molar-refractivity contribution in [1.29, 1.82) is 0 Å². The number of ether oxygens (including phenoxy) is 2. The van der Waals surface area contributed by atoms with Gasteiger partial charge in [-0.25, -0.2) is 0 Å². The highest BCUT2D eigenvalue weighted by Crippen LogP contribution is 2.24. The van der Waals surface area contributed by atoms with E-state index < -0.39 is 12.1 Å². The Morgan fingerprint density at radius 3 is 2.57 bits per heavy atom. The molecule has 1 N–H and O–H groups in total. The predicted octanol–water partition coefficient (Wildman–Crippen LogP) is 0.692. The van der Waals surface area contributed by atoms with Gasteiger partial charge in [-0.15, -0.1) is 0 Å². The summed E-state index contributed by atoms with van der Waals surface area (Å²) in [7, 11) is 5.71. The molecular formula is C10H19BO3. The Kier molecular flexibility index (Phi) is 4.42. The van der Waals surface area contributed by atoms with Crippen molar-refractivity contribution in [2.24, 2.45) is 5.92 Å². The number of aliphatic hydroxyl groups excluding tert-OH is 1. The first-order chi connectivity index (χ1) is 6.56. The van der Waals surface area contributed by atoms with Gasteiger partial charge in [0, 0.05) is 12.6 Å². The molecule has 1 aliphatic rings. The van der Waals surface area contributed by atoms with Crippen LogP contribution in [0.5, 0.6) is 0 Å². The van der Waals surface area contributed by atoms with Gasteiger partial charge in [0.2, 0.25) is 0 Å². The fourth-order valence-corrected chi connectivity index (χ4v) is 1.60. The van der Waals surface area contributed by atoms with Gasteiger partial charge in [-0.3, -0.25) is 0 Å². The molecule has 1 heterocycles. The second kappa shape index (κ2) is 5.15. The van der Waals surface area contributed by atoms with Gasteiger partial charge in [0.15, 0.2) is 0 Å². The van der Waals surface area contributed by atoms with E-state index in [1.165, 1.54) is 0 Å². The summed E-state index contributed by atoms with van der Waals surface area (Å²) in [6.45, 7) is 6.69. The molecule has 1 rings (SSSR count). The van der Waals surface area contributed by atoms with Crippen molar-refractivity contribution in [2.45, 2.75) is 51.5 Å². The van der Waals surface area contributed by atoms with Gasteiger partial charge in [0.05, 0.1) is 6.10 Å². The Morgan fingerprint density at radius 1 is 1.50 bits per heavy atom. The summed E-state index contributed by atoms with van der Waals surface area (Å²) in [5.41, 5.74) is 0. The van der Waals surface area contributed by atoms with Crippen molar-refractivity contribution < 1.29 is 14.6 Å². The third kappa shape index (κ3) is 2.72. The maximum absolute atomic E-state index is 9.80. The molecule has 1 unspecified atom stereocenters. The van der Waals surface area contributed by atoms with E-state index in [0.29, 0.717) is 12.5 Å². The molecule has 0 spiro atoms. The maximum Gasteiger partial charge on any atom is 0.112 e. The smallest absolute Gasteiger partial charge is 0.112 e. The van der Waals surface area contributed by atoms with Crippen LogP contribution in [0.4, 0.5) is 0 Å². The van der Waals surface area contributed by atoms with Crippen LogP contribution >= 0.6 is 0 Å². The Bertz CT molecular complexity index is 175. The monoisotopic (exact) mass is 198 g/mol. The molecule has 0 amide bonds. The van der Waals surface area contributed by atoms with Crippen molar-refractivity contribution in [1.82, 2.24) is 0 Å². The van der Waals surface area contributed by atoms with Gasteiger partial charge in [0.1, 0.15) is 20.1 Å². The Hall–Kier alpha value is -0.0551. The van der Waals surface area contributed by atoms with Crippen LogP contribution in [0, 0.1) is 5.92 Å². The van der Waals surface area contributed by atoms with Crippen molar-refractivity contribution in [3.63, 3.8) is 0 Å². The average Bonchev–Trinajstić information content (AvgIpc) is 2.39. The number of hydrogen-bond donors (Lipinski definition) is 1. The van der Waals surface area contributed by atoms with Gasteiger partial charge in [-0.05, 0) is 12.3 Å². The molecular weight excluding hydrogens is 179 g/mol. The lowest BCUT2D eigenvalue weighted by atomic mass is 9.92. The lowest BCUT2D eigenvalue weighted by Crippen LogP contribution is -2.36. The molecule has 1 saturated heterocycles. The van der Waals surface area contributed by atoms with E-state index in [0.717, 1.165) is 6.42 Å². The second-order valence-electron chi connectivity index (χ2n) is 4.23. The zero-order valence-corrected chi connectivity index (χ0v) is 9.14. The second-order valence-corrected chi connectivity index (χ2v) is 4.23. The van der Waals surface area contributed by atoms with Gasteiger partial charge >= 0.3 is 0 Å². The lowest BCUT2D eigenvalue weighted by Gasteiger charge is -2.20. The molecule has 0 saturated carbocycles. The third-order valence-corrected chi connectivity index (χ3v) is 2.40. The van der Waals surface area contributed by atoms with Crippen LogP contribution in [-0.4, -0.2) is 43.9 Å². The fraction of sp³-hybridized carbons (Fsp3) is 1.00. The molecule has 0 aromatic rings. The highest BCUT2D eigenvalue weighted by atomic mass is 16.6. The quantitative estimate of drug-likeness (QED) is 0.675. The fourth-order valence-electron chi connectivity index (χ4n) is 1.60. The van der Waals surface area contributed by atoms with Crippen LogP contribution in [0.1, 0.15) is 27.2 Å².